The molecule has 162 valence electrons. The second-order valence-electron chi connectivity index (χ2n) is 8.14. The van der Waals surface area contributed by atoms with Gasteiger partial charge < -0.3 is 19.7 Å². The van der Waals surface area contributed by atoms with Crippen LogP contribution in [0.4, 0.5) is 14.9 Å². The number of nitrogens with zero attached hydrogens (tertiary/aromatic N) is 1. The Morgan fingerprint density at radius 1 is 1.28 bits per heavy atom. The predicted octanol–water partition coefficient (Wildman–Crippen LogP) is 5.37. The fraction of sp³-hybridized carbons (Fsp3) is 0.600. The Morgan fingerprint density at radius 2 is 1.86 bits per heavy atom. The van der Waals surface area contributed by atoms with Crippen molar-refractivity contribution in [2.45, 2.75) is 52.2 Å². The van der Waals surface area contributed by atoms with Crippen molar-refractivity contribution in [2.24, 2.45) is 5.92 Å². The molecule has 1 fully saturated rings. The number of nitrogens with one attached hydrogen (secondary N) is 1. The molecule has 1 aromatic rings. The Hall–Kier alpha value is -1.73. The number of likely N-dealkylation sites (tertiary alicyclic amines) is 1. The molecule has 1 atom stereocenters. The van der Waals surface area contributed by atoms with Crippen LogP contribution < -0.4 is 5.32 Å². The largest absolute Gasteiger partial charge is 0.465 e. The average Bonchev–Trinajstić information content (AvgIpc) is 2.66. The van der Waals surface area contributed by atoms with Crippen LogP contribution in [0.3, 0.4) is 0 Å². The number of carbonyl (C=O) groups is 2. The Morgan fingerprint density at radius 3 is 2.38 bits per heavy atom. The molecule has 1 aliphatic rings. The molecule has 1 amide bonds. The minimum Gasteiger partial charge on any atom is -0.465 e. The minimum absolute atomic E-state index is 0.00913. The first-order valence-corrected chi connectivity index (χ1v) is 10.2. The van der Waals surface area contributed by atoms with Crippen LogP contribution in [0.5, 0.6) is 0 Å². The summed E-state index contributed by atoms with van der Waals surface area (Å²) in [5, 5.41) is 3.12. The summed E-state index contributed by atoms with van der Waals surface area (Å²) < 4.78 is 24.8. The predicted molar refractivity (Wildman–Crippen MR) is 111 cm³/mol. The lowest BCUT2D eigenvalue weighted by Crippen LogP contribution is -2.44. The summed E-state index contributed by atoms with van der Waals surface area (Å²) in [5.74, 6) is -1.46. The van der Waals surface area contributed by atoms with Gasteiger partial charge in [-0.15, -0.1) is 0 Å². The Labute approximate surface area is 180 Å². The zero-order valence-electron chi connectivity index (χ0n) is 17.3. The van der Waals surface area contributed by atoms with E-state index >= 15 is 0 Å². The summed E-state index contributed by atoms with van der Waals surface area (Å²) in [6, 6.07) is 0.993. The maximum atomic E-state index is 14.8. The topological polar surface area (TPSA) is 67.9 Å². The Bertz CT molecular complexity index is 775. The Balaban J connectivity index is 2.07. The molecule has 0 aromatic heterocycles. The molecule has 1 heterocycles. The monoisotopic (exact) mass is 448 g/mol. The van der Waals surface area contributed by atoms with E-state index in [1.54, 1.807) is 4.90 Å². The Kier molecular flexibility index (Phi) is 7.62. The van der Waals surface area contributed by atoms with E-state index in [0.29, 0.717) is 13.1 Å². The van der Waals surface area contributed by atoms with Gasteiger partial charge in [-0.1, -0.05) is 23.2 Å². The molecule has 0 aliphatic carbocycles. The van der Waals surface area contributed by atoms with Gasteiger partial charge in [0.25, 0.3) is 0 Å². The first-order chi connectivity index (χ1) is 13.4. The molecule has 1 N–H and O–H groups in total. The molecule has 2 rings (SSSR count). The zero-order valence-corrected chi connectivity index (χ0v) is 18.8. The number of piperidine rings is 1. The van der Waals surface area contributed by atoms with Crippen LogP contribution in [0.15, 0.2) is 6.07 Å². The number of amides is 1. The number of carbonyl (C=O) groups excluding carboxylic acids is 2. The maximum absolute atomic E-state index is 14.8. The summed E-state index contributed by atoms with van der Waals surface area (Å²) in [6.45, 7) is 8.48. The molecule has 0 bridgehead atoms. The molecule has 1 aromatic carbocycles. The van der Waals surface area contributed by atoms with Crippen molar-refractivity contribution >= 4 is 41.0 Å². The molecule has 29 heavy (non-hydrogen) atoms. The van der Waals surface area contributed by atoms with Crippen LogP contribution in [-0.4, -0.2) is 48.8 Å². The molecular formula is C20H27Cl2FN2O4. The van der Waals surface area contributed by atoms with E-state index in [-0.39, 0.29) is 39.3 Å². The summed E-state index contributed by atoms with van der Waals surface area (Å²) in [7, 11) is 1.17. The third-order valence-electron chi connectivity index (χ3n) is 4.83. The number of benzene rings is 1. The van der Waals surface area contributed by atoms with Gasteiger partial charge in [-0.25, -0.2) is 14.0 Å². The molecule has 0 radical (unpaired) electrons. The van der Waals surface area contributed by atoms with E-state index in [0.717, 1.165) is 18.9 Å². The molecule has 9 heteroatoms. The van der Waals surface area contributed by atoms with E-state index in [1.165, 1.54) is 7.11 Å². The quantitative estimate of drug-likeness (QED) is 0.495. The number of halogens is 3. The normalized spacial score (nSPS) is 16.3. The van der Waals surface area contributed by atoms with Crippen molar-refractivity contribution in [1.82, 2.24) is 4.90 Å². The summed E-state index contributed by atoms with van der Waals surface area (Å²) in [4.78, 5) is 25.7. The third-order valence-corrected chi connectivity index (χ3v) is 5.62. The van der Waals surface area contributed by atoms with Gasteiger partial charge in [0.05, 0.1) is 28.4 Å². The van der Waals surface area contributed by atoms with E-state index < -0.39 is 17.4 Å². The standard InChI is InChI=1S/C20H27Cl2FN2O4/c1-11(12-6-8-25(9-7-12)19(27)29-20(2,3)4)24-17-15(22)14(21)10-13(16(17)23)18(26)28-5/h10-12,24H,6-9H2,1-5H3. The van der Waals surface area contributed by atoms with Crippen molar-refractivity contribution in [3.63, 3.8) is 0 Å². The minimum atomic E-state index is -0.831. The zero-order chi connectivity index (χ0) is 21.9. The highest BCUT2D eigenvalue weighted by atomic mass is 35.5. The van der Waals surface area contributed by atoms with E-state index in [1.807, 2.05) is 27.7 Å². The van der Waals surface area contributed by atoms with Crippen molar-refractivity contribution in [2.75, 3.05) is 25.5 Å². The number of ether oxygens (including phenoxy) is 2. The summed E-state index contributed by atoms with van der Waals surface area (Å²) >= 11 is 12.2. The molecule has 1 aliphatic heterocycles. The number of rotatable bonds is 4. The van der Waals surface area contributed by atoms with E-state index in [9.17, 15) is 14.0 Å². The first kappa shape index (κ1) is 23.5. The first-order valence-electron chi connectivity index (χ1n) is 9.45. The lowest BCUT2D eigenvalue weighted by atomic mass is 9.90. The van der Waals surface area contributed by atoms with Crippen LogP contribution in [0.2, 0.25) is 10.0 Å². The second kappa shape index (κ2) is 9.39. The summed E-state index contributed by atoms with van der Waals surface area (Å²) in [6.07, 6.45) is 1.11. The number of esters is 1. The molecular weight excluding hydrogens is 422 g/mol. The number of methoxy groups -OCH3 is 1. The second-order valence-corrected chi connectivity index (χ2v) is 8.92. The number of anilines is 1. The van der Waals surface area contributed by atoms with Gasteiger partial charge in [0.1, 0.15) is 5.60 Å². The number of hydrogen-bond acceptors (Lipinski definition) is 5. The molecule has 6 nitrogen and oxygen atoms in total. The lowest BCUT2D eigenvalue weighted by molar-refractivity contribution is 0.0179. The van der Waals surface area contributed by atoms with Gasteiger partial charge in [-0.3, -0.25) is 0 Å². The van der Waals surface area contributed by atoms with Gasteiger partial charge in [-0.05, 0) is 52.5 Å². The van der Waals surface area contributed by atoms with Gasteiger partial charge >= 0.3 is 12.1 Å². The van der Waals surface area contributed by atoms with Gasteiger partial charge in [0.15, 0.2) is 5.82 Å². The van der Waals surface area contributed by atoms with Crippen LogP contribution >= 0.6 is 23.2 Å². The smallest absolute Gasteiger partial charge is 0.410 e. The fourth-order valence-corrected chi connectivity index (χ4v) is 3.64. The third kappa shape index (κ3) is 5.89. The van der Waals surface area contributed by atoms with Crippen LogP contribution in [0, 0.1) is 11.7 Å². The molecule has 1 saturated heterocycles. The molecule has 0 spiro atoms. The highest BCUT2D eigenvalue weighted by Crippen LogP contribution is 2.36. The SMILES string of the molecule is COC(=O)c1cc(Cl)c(Cl)c(NC(C)C2CCN(C(=O)OC(C)(C)C)CC2)c1F. The molecule has 1 unspecified atom stereocenters. The van der Waals surface area contributed by atoms with Crippen LogP contribution in [0.1, 0.15) is 50.9 Å². The van der Waals surface area contributed by atoms with E-state index in [2.05, 4.69) is 10.1 Å². The average molecular weight is 449 g/mol. The van der Waals surface area contributed by atoms with Crippen molar-refractivity contribution in [1.29, 1.82) is 0 Å². The van der Waals surface area contributed by atoms with Crippen molar-refractivity contribution in [3.05, 3.63) is 27.5 Å². The summed E-state index contributed by atoms with van der Waals surface area (Å²) in [5.41, 5.74) is -0.848. The van der Waals surface area contributed by atoms with Gasteiger partial charge in [0, 0.05) is 19.1 Å². The van der Waals surface area contributed by atoms with Gasteiger partial charge in [-0.2, -0.15) is 0 Å². The lowest BCUT2D eigenvalue weighted by Gasteiger charge is -2.36. The van der Waals surface area contributed by atoms with Crippen molar-refractivity contribution in [3.8, 4) is 0 Å². The highest BCUT2D eigenvalue weighted by molar-refractivity contribution is 6.44. The highest BCUT2D eigenvalue weighted by Gasteiger charge is 2.30. The molecule has 0 saturated carbocycles. The van der Waals surface area contributed by atoms with Crippen LogP contribution in [0.25, 0.3) is 0 Å². The van der Waals surface area contributed by atoms with E-state index in [4.69, 9.17) is 27.9 Å². The van der Waals surface area contributed by atoms with Crippen molar-refractivity contribution < 1.29 is 23.5 Å². The fourth-order valence-electron chi connectivity index (χ4n) is 3.24. The maximum Gasteiger partial charge on any atom is 0.410 e. The number of hydrogen-bond donors (Lipinski definition) is 1. The van der Waals surface area contributed by atoms with Crippen LogP contribution in [-0.2, 0) is 9.47 Å². The van der Waals surface area contributed by atoms with Gasteiger partial charge in [0.2, 0.25) is 0 Å².